The van der Waals surface area contributed by atoms with Crippen molar-refractivity contribution in [3.8, 4) is 11.6 Å². The molecule has 1 fully saturated rings. The molecule has 0 amide bonds. The number of hydrogen-bond acceptors (Lipinski definition) is 5. The molecule has 2 heterocycles. The van der Waals surface area contributed by atoms with Crippen molar-refractivity contribution in [3.05, 3.63) is 52.0 Å². The van der Waals surface area contributed by atoms with Crippen molar-refractivity contribution < 1.29 is 12.8 Å². The van der Waals surface area contributed by atoms with E-state index in [2.05, 4.69) is 19.9 Å². The minimum Gasteiger partial charge on any atom is -0.419 e. The van der Waals surface area contributed by atoms with Gasteiger partial charge in [-0.25, -0.2) is 13.1 Å². The maximum atomic E-state index is 12.9. The number of H-pyrrole nitrogens is 1. The molecule has 0 aliphatic heterocycles. The van der Waals surface area contributed by atoms with Crippen LogP contribution in [0.25, 0.3) is 11.6 Å². The summed E-state index contributed by atoms with van der Waals surface area (Å²) < 4.78 is 34.1. The van der Waals surface area contributed by atoms with E-state index in [1.807, 2.05) is 6.07 Å². The summed E-state index contributed by atoms with van der Waals surface area (Å²) in [6, 6.07) is 7.06. The fourth-order valence-electron chi connectivity index (χ4n) is 3.08. The molecule has 0 bridgehead atoms. The summed E-state index contributed by atoms with van der Waals surface area (Å²) >= 11 is 5.96. The van der Waals surface area contributed by atoms with Gasteiger partial charge in [-0.1, -0.05) is 23.7 Å². The first-order valence-corrected chi connectivity index (χ1v) is 10.5. The quantitative estimate of drug-likeness (QED) is 0.650. The van der Waals surface area contributed by atoms with Gasteiger partial charge in [-0.05, 0) is 49.9 Å². The summed E-state index contributed by atoms with van der Waals surface area (Å²) in [5.74, 6) is 1.26. The summed E-state index contributed by atoms with van der Waals surface area (Å²) in [5, 5.41) is 8.70. The molecule has 27 heavy (non-hydrogen) atoms. The molecule has 1 aliphatic rings. The van der Waals surface area contributed by atoms with Crippen LogP contribution in [-0.2, 0) is 16.6 Å². The van der Waals surface area contributed by atoms with Crippen LogP contribution in [0.2, 0.25) is 5.02 Å². The van der Waals surface area contributed by atoms with Crippen molar-refractivity contribution in [1.82, 2.24) is 19.9 Å². The number of aryl methyl sites for hydroxylation is 1. The zero-order valence-electron chi connectivity index (χ0n) is 14.9. The molecular weight excluding hydrogens is 388 g/mol. The maximum absolute atomic E-state index is 12.9. The van der Waals surface area contributed by atoms with E-state index in [9.17, 15) is 8.42 Å². The second-order valence-electron chi connectivity index (χ2n) is 6.75. The Hall–Kier alpha value is -2.16. The normalized spacial score (nSPS) is 14.6. The highest BCUT2D eigenvalue weighted by Gasteiger charge is 2.31. The first-order chi connectivity index (χ1) is 12.8. The molecule has 0 atom stereocenters. The third kappa shape index (κ3) is 3.65. The van der Waals surface area contributed by atoms with Crippen LogP contribution in [-0.4, -0.2) is 23.6 Å². The van der Waals surface area contributed by atoms with E-state index < -0.39 is 10.0 Å². The van der Waals surface area contributed by atoms with Gasteiger partial charge in [0.1, 0.15) is 10.6 Å². The van der Waals surface area contributed by atoms with Crippen LogP contribution in [0.4, 0.5) is 0 Å². The smallest absolute Gasteiger partial charge is 0.264 e. The average Bonchev–Trinajstić information content (AvgIpc) is 3.26. The van der Waals surface area contributed by atoms with E-state index >= 15 is 0 Å². The van der Waals surface area contributed by atoms with E-state index in [4.69, 9.17) is 16.0 Å². The largest absolute Gasteiger partial charge is 0.419 e. The molecule has 1 saturated carbocycles. The van der Waals surface area contributed by atoms with Crippen molar-refractivity contribution in [2.24, 2.45) is 0 Å². The Morgan fingerprint density at radius 3 is 2.78 bits per heavy atom. The molecule has 9 heteroatoms. The number of halogens is 1. The lowest BCUT2D eigenvalue weighted by atomic mass is 10.2. The lowest BCUT2D eigenvalue weighted by Crippen LogP contribution is -2.24. The molecule has 142 valence electrons. The maximum Gasteiger partial charge on any atom is 0.264 e. The third-order valence-corrected chi connectivity index (χ3v) is 6.48. The van der Waals surface area contributed by atoms with Gasteiger partial charge in [0.05, 0.1) is 0 Å². The van der Waals surface area contributed by atoms with E-state index in [-0.39, 0.29) is 11.4 Å². The van der Waals surface area contributed by atoms with Gasteiger partial charge >= 0.3 is 0 Å². The molecule has 0 saturated heterocycles. The van der Waals surface area contributed by atoms with Gasteiger partial charge in [0, 0.05) is 23.2 Å². The number of aromatic nitrogens is 3. The second kappa shape index (κ2) is 6.78. The summed E-state index contributed by atoms with van der Waals surface area (Å²) in [4.78, 5) is 3.28. The van der Waals surface area contributed by atoms with E-state index in [0.29, 0.717) is 39.7 Å². The molecular formula is C18H19ClN4O3S. The Morgan fingerprint density at radius 2 is 2.07 bits per heavy atom. The van der Waals surface area contributed by atoms with Crippen LogP contribution in [0, 0.1) is 13.8 Å². The number of aromatic amines is 1. The van der Waals surface area contributed by atoms with Crippen molar-refractivity contribution >= 4 is 21.6 Å². The fourth-order valence-corrected chi connectivity index (χ4v) is 4.75. The van der Waals surface area contributed by atoms with Crippen LogP contribution < -0.4 is 4.72 Å². The highest BCUT2D eigenvalue weighted by atomic mass is 35.5. The standard InChI is InChI=1S/C18H19ClN4O3S/c1-10-15(18-23-22-17(26-18)13-6-7-13)21-11(2)16(10)27(24,25)20-9-12-4-3-5-14(19)8-12/h3-5,8,13,20-21H,6-7,9H2,1-2H3. The predicted octanol–water partition coefficient (Wildman–Crippen LogP) is 3.69. The minimum absolute atomic E-state index is 0.147. The molecule has 2 N–H and O–H groups in total. The number of rotatable bonds is 6. The van der Waals surface area contributed by atoms with Crippen LogP contribution in [0.5, 0.6) is 0 Å². The van der Waals surface area contributed by atoms with E-state index in [1.54, 1.807) is 32.0 Å². The summed E-state index contributed by atoms with van der Waals surface area (Å²) in [6.07, 6.45) is 2.11. The molecule has 0 spiro atoms. The van der Waals surface area contributed by atoms with Gasteiger partial charge in [-0.3, -0.25) is 0 Å². The Bertz CT molecular complexity index is 1100. The van der Waals surface area contributed by atoms with Crippen LogP contribution in [0.3, 0.4) is 0 Å². The number of hydrogen-bond donors (Lipinski definition) is 2. The lowest BCUT2D eigenvalue weighted by molar-refractivity contribution is 0.507. The molecule has 4 rings (SSSR count). The SMILES string of the molecule is Cc1[nH]c(-c2nnc(C3CC3)o2)c(C)c1S(=O)(=O)NCc1cccc(Cl)c1. The minimum atomic E-state index is -3.73. The number of benzene rings is 1. The summed E-state index contributed by atoms with van der Waals surface area (Å²) in [5.41, 5.74) is 2.39. The Kier molecular flexibility index (Phi) is 4.57. The molecule has 0 radical (unpaired) electrons. The highest BCUT2D eigenvalue weighted by Crippen LogP contribution is 2.40. The fraction of sp³-hybridized carbons (Fsp3) is 0.333. The van der Waals surface area contributed by atoms with Gasteiger partial charge in [0.25, 0.3) is 5.89 Å². The van der Waals surface area contributed by atoms with Crippen molar-refractivity contribution in [2.75, 3.05) is 0 Å². The number of sulfonamides is 1. The first-order valence-electron chi connectivity index (χ1n) is 8.62. The molecule has 7 nitrogen and oxygen atoms in total. The third-order valence-electron chi connectivity index (χ3n) is 4.57. The van der Waals surface area contributed by atoms with E-state index in [0.717, 1.165) is 18.4 Å². The van der Waals surface area contributed by atoms with Crippen molar-refractivity contribution in [2.45, 2.75) is 44.0 Å². The molecule has 1 aromatic carbocycles. The topological polar surface area (TPSA) is 101 Å². The molecule has 0 unspecified atom stereocenters. The molecule has 1 aliphatic carbocycles. The van der Waals surface area contributed by atoms with Gasteiger partial charge in [0.2, 0.25) is 15.9 Å². The van der Waals surface area contributed by atoms with Crippen molar-refractivity contribution in [1.29, 1.82) is 0 Å². The van der Waals surface area contributed by atoms with Crippen LogP contribution in [0.15, 0.2) is 33.6 Å². The van der Waals surface area contributed by atoms with Gasteiger partial charge in [0.15, 0.2) is 0 Å². The Labute approximate surface area is 162 Å². The molecule has 2 aromatic heterocycles. The molecule has 3 aromatic rings. The average molecular weight is 407 g/mol. The first kappa shape index (κ1) is 18.2. The highest BCUT2D eigenvalue weighted by molar-refractivity contribution is 7.89. The van der Waals surface area contributed by atoms with Gasteiger partial charge < -0.3 is 9.40 Å². The van der Waals surface area contributed by atoms with E-state index in [1.165, 1.54) is 0 Å². The zero-order chi connectivity index (χ0) is 19.2. The van der Waals surface area contributed by atoms with Gasteiger partial charge in [-0.2, -0.15) is 0 Å². The van der Waals surface area contributed by atoms with Crippen LogP contribution >= 0.6 is 11.6 Å². The second-order valence-corrected chi connectivity index (χ2v) is 8.89. The monoisotopic (exact) mass is 406 g/mol. The number of nitrogens with one attached hydrogen (secondary N) is 2. The summed E-state index contributed by atoms with van der Waals surface area (Å²) in [6.45, 7) is 3.59. The number of nitrogens with zero attached hydrogens (tertiary/aromatic N) is 2. The lowest BCUT2D eigenvalue weighted by Gasteiger charge is -2.08. The van der Waals surface area contributed by atoms with Crippen molar-refractivity contribution in [3.63, 3.8) is 0 Å². The van der Waals surface area contributed by atoms with Gasteiger partial charge in [-0.15, -0.1) is 10.2 Å². The van der Waals surface area contributed by atoms with Crippen LogP contribution in [0.1, 0.15) is 41.5 Å². The Morgan fingerprint density at radius 1 is 1.30 bits per heavy atom. The zero-order valence-corrected chi connectivity index (χ0v) is 16.5. The predicted molar refractivity (Wildman–Crippen MR) is 101 cm³/mol. The summed E-state index contributed by atoms with van der Waals surface area (Å²) in [7, 11) is -3.73. The Balaban J connectivity index is 1.61.